The zero-order valence-corrected chi connectivity index (χ0v) is 8.39. The molecule has 0 atom stereocenters. The minimum Gasteiger partial charge on any atom is -0.342 e. The summed E-state index contributed by atoms with van der Waals surface area (Å²) >= 11 is 0.301. The third-order valence-electron chi connectivity index (χ3n) is 1.69. The van der Waals surface area contributed by atoms with Crippen molar-refractivity contribution in [2.24, 2.45) is 0 Å². The number of ketones is 1. The van der Waals surface area contributed by atoms with Crippen molar-refractivity contribution in [2.75, 3.05) is 0 Å². The van der Waals surface area contributed by atoms with Crippen molar-refractivity contribution in [2.45, 2.75) is 6.18 Å². The first-order valence-corrected chi connectivity index (χ1v) is 4.87. The maximum atomic E-state index is 12.2. The van der Waals surface area contributed by atoms with Crippen LogP contribution >= 0.6 is 11.3 Å². The first kappa shape index (κ1) is 10.8. The molecule has 0 radical (unpaired) electrons. The van der Waals surface area contributed by atoms with Crippen molar-refractivity contribution >= 4 is 17.1 Å². The van der Waals surface area contributed by atoms with Crippen LogP contribution in [0.3, 0.4) is 0 Å². The molecule has 0 aromatic carbocycles. The van der Waals surface area contributed by atoms with E-state index in [1.807, 2.05) is 0 Å². The molecular formula is C8H4F3N3OS. The predicted octanol–water partition coefficient (Wildman–Crippen LogP) is 2.12. The Balaban J connectivity index is 2.30. The summed E-state index contributed by atoms with van der Waals surface area (Å²) in [5.41, 5.74) is 0. The molecule has 16 heavy (non-hydrogen) atoms. The van der Waals surface area contributed by atoms with Gasteiger partial charge >= 0.3 is 6.18 Å². The molecule has 0 spiro atoms. The lowest BCUT2D eigenvalue weighted by Gasteiger charge is -1.98. The summed E-state index contributed by atoms with van der Waals surface area (Å²) in [5, 5.41) is -1.04. The van der Waals surface area contributed by atoms with E-state index in [0.717, 1.165) is 6.20 Å². The number of nitrogens with zero attached hydrogens (tertiary/aromatic N) is 2. The standard InChI is InChI=1S/C8H4F3N3OS/c9-8(10,11)7-14-3-4(16-7)5(15)6-12-1-2-13-6/h1-3H,(H,12,13). The number of hydrogen-bond donors (Lipinski definition) is 1. The van der Waals surface area contributed by atoms with Crippen LogP contribution in [0.15, 0.2) is 18.6 Å². The maximum absolute atomic E-state index is 12.2. The number of nitrogens with one attached hydrogen (secondary N) is 1. The summed E-state index contributed by atoms with van der Waals surface area (Å²) in [7, 11) is 0. The summed E-state index contributed by atoms with van der Waals surface area (Å²) in [6.45, 7) is 0. The van der Waals surface area contributed by atoms with Gasteiger partial charge in [-0.05, 0) is 0 Å². The van der Waals surface area contributed by atoms with Crippen LogP contribution < -0.4 is 0 Å². The largest absolute Gasteiger partial charge is 0.443 e. The second-order valence-corrected chi connectivity index (χ2v) is 3.82. The zero-order valence-electron chi connectivity index (χ0n) is 7.58. The second-order valence-electron chi connectivity index (χ2n) is 2.79. The van der Waals surface area contributed by atoms with Crippen molar-refractivity contribution in [3.8, 4) is 0 Å². The van der Waals surface area contributed by atoms with Crippen LogP contribution in [0.5, 0.6) is 0 Å². The fraction of sp³-hybridized carbons (Fsp3) is 0.125. The van der Waals surface area contributed by atoms with Crippen LogP contribution in [0.25, 0.3) is 0 Å². The first-order valence-electron chi connectivity index (χ1n) is 4.05. The van der Waals surface area contributed by atoms with Gasteiger partial charge in [-0.1, -0.05) is 0 Å². The Bertz CT molecular complexity index is 503. The monoisotopic (exact) mass is 247 g/mol. The fourth-order valence-corrected chi connectivity index (χ4v) is 1.74. The molecule has 2 aromatic rings. The minimum absolute atomic E-state index is 0.00243. The molecule has 0 unspecified atom stereocenters. The highest BCUT2D eigenvalue weighted by Gasteiger charge is 2.35. The molecule has 2 rings (SSSR count). The van der Waals surface area contributed by atoms with E-state index in [4.69, 9.17) is 0 Å². The van der Waals surface area contributed by atoms with E-state index in [1.54, 1.807) is 0 Å². The minimum atomic E-state index is -4.52. The molecule has 0 saturated heterocycles. The highest BCUT2D eigenvalue weighted by Crippen LogP contribution is 2.32. The molecule has 84 valence electrons. The number of hydrogen-bond acceptors (Lipinski definition) is 4. The number of thiazole rings is 1. The van der Waals surface area contributed by atoms with Crippen LogP contribution in [0.2, 0.25) is 0 Å². The van der Waals surface area contributed by atoms with E-state index in [-0.39, 0.29) is 10.7 Å². The molecule has 0 aliphatic heterocycles. The van der Waals surface area contributed by atoms with Gasteiger partial charge in [0.15, 0.2) is 10.8 Å². The quantitative estimate of drug-likeness (QED) is 0.827. The Kier molecular flexibility index (Phi) is 2.50. The molecule has 4 nitrogen and oxygen atoms in total. The van der Waals surface area contributed by atoms with E-state index in [9.17, 15) is 18.0 Å². The van der Waals surface area contributed by atoms with Gasteiger partial charge in [-0.15, -0.1) is 11.3 Å². The topological polar surface area (TPSA) is 58.6 Å². The van der Waals surface area contributed by atoms with E-state index >= 15 is 0 Å². The lowest BCUT2D eigenvalue weighted by molar-refractivity contribution is -0.137. The fourth-order valence-electron chi connectivity index (χ4n) is 1.02. The average Bonchev–Trinajstić information content (AvgIpc) is 2.87. The van der Waals surface area contributed by atoms with Gasteiger partial charge in [-0.25, -0.2) is 9.97 Å². The number of carbonyl (C=O) groups is 1. The zero-order chi connectivity index (χ0) is 11.8. The average molecular weight is 247 g/mol. The molecule has 0 bridgehead atoms. The first-order chi connectivity index (χ1) is 7.48. The summed E-state index contributed by atoms with van der Waals surface area (Å²) in [4.78, 5) is 20.8. The lowest BCUT2D eigenvalue weighted by Crippen LogP contribution is -2.03. The number of imidazole rings is 1. The number of rotatable bonds is 2. The van der Waals surface area contributed by atoms with Gasteiger partial charge in [0.1, 0.15) is 0 Å². The van der Waals surface area contributed by atoms with Gasteiger partial charge in [0.25, 0.3) is 0 Å². The number of alkyl halides is 3. The lowest BCUT2D eigenvalue weighted by atomic mass is 10.3. The van der Waals surface area contributed by atoms with Crippen LogP contribution in [-0.2, 0) is 6.18 Å². The SMILES string of the molecule is O=C(c1ncc[nH]1)c1cnc(C(F)(F)F)s1. The van der Waals surface area contributed by atoms with Crippen LogP contribution in [0.1, 0.15) is 20.5 Å². The summed E-state index contributed by atoms with van der Waals surface area (Å²) in [6, 6.07) is 0. The van der Waals surface area contributed by atoms with Crippen LogP contribution in [-0.4, -0.2) is 20.7 Å². The molecule has 0 fully saturated rings. The van der Waals surface area contributed by atoms with Crippen molar-refractivity contribution in [1.29, 1.82) is 0 Å². The molecule has 0 saturated carbocycles. The van der Waals surface area contributed by atoms with E-state index in [0.29, 0.717) is 11.3 Å². The highest BCUT2D eigenvalue weighted by atomic mass is 32.1. The Morgan fingerprint density at radius 3 is 2.62 bits per heavy atom. The molecule has 2 heterocycles. The van der Waals surface area contributed by atoms with Gasteiger partial charge in [0.05, 0.1) is 4.88 Å². The molecule has 1 N–H and O–H groups in total. The van der Waals surface area contributed by atoms with Gasteiger partial charge in [-0.2, -0.15) is 13.2 Å². The van der Waals surface area contributed by atoms with Gasteiger partial charge in [0, 0.05) is 18.6 Å². The van der Waals surface area contributed by atoms with E-state index in [2.05, 4.69) is 15.0 Å². The van der Waals surface area contributed by atoms with Crippen LogP contribution in [0.4, 0.5) is 13.2 Å². The normalized spacial score (nSPS) is 11.7. The Labute approximate surface area is 91.2 Å². The molecule has 0 aliphatic carbocycles. The van der Waals surface area contributed by atoms with E-state index < -0.39 is 17.0 Å². The smallest absolute Gasteiger partial charge is 0.342 e. The number of halogens is 3. The number of H-pyrrole nitrogens is 1. The number of carbonyl (C=O) groups excluding carboxylic acids is 1. The Morgan fingerprint density at radius 2 is 2.12 bits per heavy atom. The van der Waals surface area contributed by atoms with E-state index in [1.165, 1.54) is 12.4 Å². The summed E-state index contributed by atoms with van der Waals surface area (Å²) in [5.74, 6) is -0.602. The van der Waals surface area contributed by atoms with Crippen molar-refractivity contribution in [1.82, 2.24) is 15.0 Å². The van der Waals surface area contributed by atoms with Crippen molar-refractivity contribution < 1.29 is 18.0 Å². The summed E-state index contributed by atoms with van der Waals surface area (Å²) in [6.07, 6.45) is -0.859. The van der Waals surface area contributed by atoms with Crippen molar-refractivity contribution in [3.05, 3.63) is 34.3 Å². The molecule has 0 amide bonds. The van der Waals surface area contributed by atoms with Crippen molar-refractivity contribution in [3.63, 3.8) is 0 Å². The Hall–Kier alpha value is -1.70. The third-order valence-corrected chi connectivity index (χ3v) is 2.73. The maximum Gasteiger partial charge on any atom is 0.443 e. The van der Waals surface area contributed by atoms with Gasteiger partial charge < -0.3 is 4.98 Å². The van der Waals surface area contributed by atoms with Crippen LogP contribution in [0, 0.1) is 0 Å². The molecule has 2 aromatic heterocycles. The Morgan fingerprint density at radius 1 is 1.38 bits per heavy atom. The highest BCUT2D eigenvalue weighted by molar-refractivity contribution is 7.13. The predicted molar refractivity (Wildman–Crippen MR) is 49.1 cm³/mol. The number of aromatic amines is 1. The number of aromatic nitrogens is 3. The van der Waals surface area contributed by atoms with Gasteiger partial charge in [0.2, 0.25) is 5.78 Å². The third kappa shape index (κ3) is 1.96. The molecule has 0 aliphatic rings. The second kappa shape index (κ2) is 3.71. The summed E-state index contributed by atoms with van der Waals surface area (Å²) < 4.78 is 36.7. The molecule has 8 heteroatoms. The molecular weight excluding hydrogens is 243 g/mol. The van der Waals surface area contributed by atoms with Gasteiger partial charge in [-0.3, -0.25) is 4.79 Å².